The molecule has 1 aromatic rings. The molecule has 9 heavy (non-hydrogen) atoms. The molecule has 1 atom stereocenters. The predicted molar refractivity (Wildman–Crippen MR) is 33.6 cm³/mol. The molecular formula is C6H8N2O. The van der Waals surface area contributed by atoms with Gasteiger partial charge in [-0.2, -0.15) is 0 Å². The highest BCUT2D eigenvalue weighted by Crippen LogP contribution is 2.05. The van der Waals surface area contributed by atoms with Gasteiger partial charge in [-0.3, -0.25) is 0 Å². The van der Waals surface area contributed by atoms with Crippen molar-refractivity contribution < 1.29 is 4.52 Å². The highest BCUT2D eigenvalue weighted by atomic mass is 16.5. The largest absolute Gasteiger partial charge is 0.364 e. The van der Waals surface area contributed by atoms with Crippen molar-refractivity contribution >= 4 is 0 Å². The Bertz CT molecular complexity index is 181. The molecular weight excluding hydrogens is 116 g/mol. The summed E-state index contributed by atoms with van der Waals surface area (Å²) in [5, 5.41) is 3.62. The van der Waals surface area contributed by atoms with E-state index in [4.69, 9.17) is 5.73 Å². The zero-order valence-corrected chi connectivity index (χ0v) is 4.95. The highest BCUT2D eigenvalue weighted by molar-refractivity contribution is 5.07. The van der Waals surface area contributed by atoms with Gasteiger partial charge in [0.15, 0.2) is 0 Å². The first kappa shape index (κ1) is 6.04. The molecule has 0 saturated heterocycles. The van der Waals surface area contributed by atoms with E-state index in [1.807, 2.05) is 0 Å². The minimum atomic E-state index is -0.205. The zero-order valence-electron chi connectivity index (χ0n) is 4.95. The van der Waals surface area contributed by atoms with Crippen molar-refractivity contribution in [1.29, 1.82) is 0 Å². The average molecular weight is 124 g/mol. The molecule has 48 valence electrons. The molecule has 0 bridgehead atoms. The van der Waals surface area contributed by atoms with Crippen LogP contribution in [-0.2, 0) is 0 Å². The summed E-state index contributed by atoms with van der Waals surface area (Å²) < 4.78 is 4.56. The van der Waals surface area contributed by atoms with Gasteiger partial charge in [-0.05, 0) is 0 Å². The zero-order chi connectivity index (χ0) is 6.69. The predicted octanol–water partition coefficient (Wildman–Crippen LogP) is 0.860. The van der Waals surface area contributed by atoms with E-state index >= 15 is 0 Å². The van der Waals surface area contributed by atoms with E-state index in [1.165, 1.54) is 6.26 Å². The molecule has 2 N–H and O–H groups in total. The number of hydrogen-bond acceptors (Lipinski definition) is 3. The summed E-state index contributed by atoms with van der Waals surface area (Å²) in [5.41, 5.74) is 6.21. The molecule has 0 aromatic carbocycles. The lowest BCUT2D eigenvalue weighted by Crippen LogP contribution is -2.06. The summed E-state index contributed by atoms with van der Waals surface area (Å²) in [4.78, 5) is 0. The van der Waals surface area contributed by atoms with Gasteiger partial charge in [0.05, 0.1) is 6.04 Å². The SMILES string of the molecule is C=CC(N)c1ccon1. The van der Waals surface area contributed by atoms with Crippen LogP contribution in [0.3, 0.4) is 0 Å². The van der Waals surface area contributed by atoms with Crippen molar-refractivity contribution in [3.8, 4) is 0 Å². The van der Waals surface area contributed by atoms with Crippen LogP contribution in [-0.4, -0.2) is 5.16 Å². The van der Waals surface area contributed by atoms with E-state index in [0.717, 1.165) is 0 Å². The van der Waals surface area contributed by atoms with Crippen molar-refractivity contribution in [2.45, 2.75) is 6.04 Å². The van der Waals surface area contributed by atoms with Crippen LogP contribution in [0.4, 0.5) is 0 Å². The van der Waals surface area contributed by atoms with Gasteiger partial charge >= 0.3 is 0 Å². The number of hydrogen-bond donors (Lipinski definition) is 1. The fourth-order valence-corrected chi connectivity index (χ4v) is 0.515. The molecule has 1 rings (SSSR count). The van der Waals surface area contributed by atoms with Crippen LogP contribution in [0.2, 0.25) is 0 Å². The summed E-state index contributed by atoms with van der Waals surface area (Å²) in [6.07, 6.45) is 3.09. The molecule has 3 heteroatoms. The molecule has 0 aliphatic rings. The van der Waals surface area contributed by atoms with E-state index in [0.29, 0.717) is 5.69 Å². The Kier molecular flexibility index (Phi) is 1.65. The third-order valence-corrected chi connectivity index (χ3v) is 1.05. The molecule has 0 saturated carbocycles. The maximum absolute atomic E-state index is 5.50. The van der Waals surface area contributed by atoms with Gasteiger partial charge in [0.2, 0.25) is 0 Å². The summed E-state index contributed by atoms with van der Waals surface area (Å²) in [6, 6.07) is 1.51. The third kappa shape index (κ3) is 1.17. The number of aromatic nitrogens is 1. The van der Waals surface area contributed by atoms with E-state index < -0.39 is 0 Å². The molecule has 1 aromatic heterocycles. The second kappa shape index (κ2) is 2.46. The van der Waals surface area contributed by atoms with Gasteiger partial charge < -0.3 is 10.3 Å². The molecule has 0 radical (unpaired) electrons. The Morgan fingerprint density at radius 3 is 3.11 bits per heavy atom. The first-order chi connectivity index (χ1) is 4.34. The van der Waals surface area contributed by atoms with Crippen LogP contribution >= 0.6 is 0 Å². The Hall–Kier alpha value is -1.09. The summed E-state index contributed by atoms with van der Waals surface area (Å²) >= 11 is 0. The molecule has 1 unspecified atom stereocenters. The molecule has 0 fully saturated rings. The number of nitrogens with zero attached hydrogens (tertiary/aromatic N) is 1. The van der Waals surface area contributed by atoms with Crippen molar-refractivity contribution in [1.82, 2.24) is 5.16 Å². The van der Waals surface area contributed by atoms with Gasteiger partial charge in [0.25, 0.3) is 0 Å². The van der Waals surface area contributed by atoms with Crippen molar-refractivity contribution in [3.63, 3.8) is 0 Å². The number of rotatable bonds is 2. The minimum absolute atomic E-state index is 0.205. The van der Waals surface area contributed by atoms with Crippen LogP contribution in [0.5, 0.6) is 0 Å². The summed E-state index contributed by atoms with van der Waals surface area (Å²) in [5.74, 6) is 0. The molecule has 0 aliphatic heterocycles. The Morgan fingerprint density at radius 2 is 2.67 bits per heavy atom. The lowest BCUT2D eigenvalue weighted by molar-refractivity contribution is 0.409. The van der Waals surface area contributed by atoms with E-state index in [1.54, 1.807) is 12.1 Å². The fourth-order valence-electron chi connectivity index (χ4n) is 0.515. The summed E-state index contributed by atoms with van der Waals surface area (Å²) in [6.45, 7) is 3.51. The minimum Gasteiger partial charge on any atom is -0.364 e. The Morgan fingerprint density at radius 1 is 1.89 bits per heavy atom. The highest BCUT2D eigenvalue weighted by Gasteiger charge is 2.01. The second-order valence-electron chi connectivity index (χ2n) is 1.69. The van der Waals surface area contributed by atoms with Crippen LogP contribution in [0, 0.1) is 0 Å². The first-order valence-electron chi connectivity index (χ1n) is 2.63. The van der Waals surface area contributed by atoms with E-state index in [9.17, 15) is 0 Å². The monoisotopic (exact) mass is 124 g/mol. The van der Waals surface area contributed by atoms with Gasteiger partial charge in [-0.25, -0.2) is 0 Å². The van der Waals surface area contributed by atoms with Crippen LogP contribution in [0.25, 0.3) is 0 Å². The normalized spacial score (nSPS) is 13.0. The maximum Gasteiger partial charge on any atom is 0.124 e. The fraction of sp³-hybridized carbons (Fsp3) is 0.167. The average Bonchev–Trinajstić information content (AvgIpc) is 2.37. The molecule has 3 nitrogen and oxygen atoms in total. The smallest absolute Gasteiger partial charge is 0.124 e. The third-order valence-electron chi connectivity index (χ3n) is 1.05. The Balaban J connectivity index is 2.76. The number of nitrogens with two attached hydrogens (primary N) is 1. The topological polar surface area (TPSA) is 52.0 Å². The van der Waals surface area contributed by atoms with Gasteiger partial charge in [0, 0.05) is 6.07 Å². The van der Waals surface area contributed by atoms with Crippen molar-refractivity contribution in [2.75, 3.05) is 0 Å². The van der Waals surface area contributed by atoms with E-state index in [-0.39, 0.29) is 6.04 Å². The van der Waals surface area contributed by atoms with Crippen LogP contribution in [0.1, 0.15) is 11.7 Å². The van der Waals surface area contributed by atoms with Gasteiger partial charge in [-0.15, -0.1) is 6.58 Å². The van der Waals surface area contributed by atoms with Gasteiger partial charge in [0.1, 0.15) is 12.0 Å². The molecule has 0 spiro atoms. The second-order valence-corrected chi connectivity index (χ2v) is 1.69. The van der Waals surface area contributed by atoms with Crippen LogP contribution in [0.15, 0.2) is 29.5 Å². The lowest BCUT2D eigenvalue weighted by atomic mass is 10.2. The lowest BCUT2D eigenvalue weighted by Gasteiger charge is -1.96. The van der Waals surface area contributed by atoms with Crippen molar-refractivity contribution in [3.05, 3.63) is 30.7 Å². The quantitative estimate of drug-likeness (QED) is 0.595. The molecule has 1 heterocycles. The first-order valence-corrected chi connectivity index (χ1v) is 2.63. The Labute approximate surface area is 53.1 Å². The molecule has 0 aliphatic carbocycles. The van der Waals surface area contributed by atoms with Crippen LogP contribution < -0.4 is 5.73 Å². The van der Waals surface area contributed by atoms with Crippen molar-refractivity contribution in [2.24, 2.45) is 5.73 Å². The maximum atomic E-state index is 5.50. The van der Waals surface area contributed by atoms with Gasteiger partial charge in [-0.1, -0.05) is 11.2 Å². The molecule has 0 amide bonds. The summed E-state index contributed by atoms with van der Waals surface area (Å²) in [7, 11) is 0. The van der Waals surface area contributed by atoms with E-state index in [2.05, 4.69) is 16.3 Å². The standard InChI is InChI=1S/C6H8N2O/c1-2-5(7)6-3-4-9-8-6/h2-5H,1,7H2.